The fourth-order valence-electron chi connectivity index (χ4n) is 4.42. The van der Waals surface area contributed by atoms with E-state index in [0.717, 1.165) is 33.2 Å². The van der Waals surface area contributed by atoms with Gasteiger partial charge in [0.15, 0.2) is 0 Å². The van der Waals surface area contributed by atoms with E-state index in [1.165, 1.54) is 6.08 Å². The first-order valence-electron chi connectivity index (χ1n) is 12.0. The summed E-state index contributed by atoms with van der Waals surface area (Å²) in [5.41, 5.74) is 4.49. The van der Waals surface area contributed by atoms with E-state index in [9.17, 15) is 14.4 Å². The fourth-order valence-corrected chi connectivity index (χ4v) is 4.62. The van der Waals surface area contributed by atoms with Crippen LogP contribution in [0.2, 0.25) is 5.02 Å². The van der Waals surface area contributed by atoms with E-state index >= 15 is 0 Å². The molecule has 1 atom stereocenters. The van der Waals surface area contributed by atoms with Crippen LogP contribution >= 0.6 is 11.6 Å². The smallest absolute Gasteiger partial charge is 0.278 e. The molecule has 3 N–H and O–H groups in total. The summed E-state index contributed by atoms with van der Waals surface area (Å²) in [4.78, 5) is 38.9. The first kappa shape index (κ1) is 25.7. The Morgan fingerprint density at radius 3 is 2.67 bits per heavy atom. The summed E-state index contributed by atoms with van der Waals surface area (Å²) in [5, 5.41) is 9.98. The van der Waals surface area contributed by atoms with Crippen molar-refractivity contribution in [2.75, 3.05) is 11.9 Å². The molecule has 0 bridgehead atoms. The minimum Gasteiger partial charge on any atom is -0.351 e. The Morgan fingerprint density at radius 1 is 1.17 bits per heavy atom. The minimum atomic E-state index is -0.828. The summed E-state index contributed by atoms with van der Waals surface area (Å²) in [6.07, 6.45) is 2.15. The van der Waals surface area contributed by atoms with Crippen molar-refractivity contribution in [3.05, 3.63) is 88.2 Å². The molecule has 7 nitrogen and oxygen atoms in total. The van der Waals surface area contributed by atoms with Gasteiger partial charge in [0.05, 0.1) is 0 Å². The van der Waals surface area contributed by atoms with E-state index in [-0.39, 0.29) is 17.0 Å². The van der Waals surface area contributed by atoms with Gasteiger partial charge in [-0.3, -0.25) is 19.3 Å². The molecule has 0 aliphatic carbocycles. The Kier molecular flexibility index (Phi) is 7.33. The lowest BCUT2D eigenvalue weighted by Gasteiger charge is -2.30. The molecule has 2 aromatic carbocycles. The van der Waals surface area contributed by atoms with Gasteiger partial charge in [-0.25, -0.2) is 0 Å². The Bertz CT molecular complexity index is 1270. The predicted molar refractivity (Wildman–Crippen MR) is 141 cm³/mol. The minimum absolute atomic E-state index is 0.154. The number of hydrogen-bond donors (Lipinski definition) is 3. The van der Waals surface area contributed by atoms with Crippen molar-refractivity contribution in [2.45, 2.75) is 51.6 Å². The molecule has 0 spiro atoms. The summed E-state index contributed by atoms with van der Waals surface area (Å²) in [6, 6.07) is 13.0. The number of carbonyl (C=O) groups excluding carboxylic acids is 3. The zero-order valence-electron chi connectivity index (χ0n) is 20.8. The zero-order chi connectivity index (χ0) is 26.0. The maximum Gasteiger partial charge on any atom is 0.278 e. The number of piperidine rings is 1. The van der Waals surface area contributed by atoms with Crippen LogP contribution in [0, 0.1) is 6.92 Å². The van der Waals surface area contributed by atoms with Crippen molar-refractivity contribution in [3.8, 4) is 0 Å². The molecule has 1 saturated heterocycles. The highest BCUT2D eigenvalue weighted by molar-refractivity contribution is 6.31. The number of benzene rings is 2. The number of imide groups is 1. The molecule has 1 fully saturated rings. The predicted octanol–water partition coefficient (Wildman–Crippen LogP) is 4.17. The number of halogens is 1. The average molecular weight is 507 g/mol. The van der Waals surface area contributed by atoms with Gasteiger partial charge in [0.2, 0.25) is 5.91 Å². The lowest BCUT2D eigenvalue weighted by Crippen LogP contribution is -2.52. The molecule has 2 aliphatic rings. The Hall–Kier alpha value is -3.42. The lowest BCUT2D eigenvalue weighted by molar-refractivity contribution is -0.146. The van der Waals surface area contributed by atoms with E-state index in [1.54, 1.807) is 0 Å². The number of nitrogens with zero attached hydrogens (tertiary/aromatic N) is 1. The fraction of sp³-hybridized carbons (Fsp3) is 0.321. The molecule has 0 saturated carbocycles. The maximum atomic E-state index is 13.0. The monoisotopic (exact) mass is 506 g/mol. The summed E-state index contributed by atoms with van der Waals surface area (Å²) in [7, 11) is 0. The molecule has 2 heterocycles. The third-order valence-electron chi connectivity index (χ3n) is 6.64. The number of carbonyl (C=O) groups is 3. The standard InChI is InChI=1S/C28H31ClN4O3/c1-17-8-10-19(12-22(17)29)15-30-16-28(3,4)20-6-5-7-21(13-20)32-23-14-25(34)33(27(23)36)24-11-9-18(2)31-26(24)35/h5-8,10,12-14,24,30,32H,2,9,11,15-16H2,1,3-4H3,(H,31,35). The van der Waals surface area contributed by atoms with E-state index in [1.807, 2.05) is 43.3 Å². The second-order valence-corrected chi connectivity index (χ2v) is 10.4. The van der Waals surface area contributed by atoms with E-state index < -0.39 is 17.9 Å². The molecule has 36 heavy (non-hydrogen) atoms. The van der Waals surface area contributed by atoms with Crippen molar-refractivity contribution in [3.63, 3.8) is 0 Å². The molecule has 2 aromatic rings. The van der Waals surface area contributed by atoms with Crippen LogP contribution in [0.15, 0.2) is 66.5 Å². The molecule has 1 unspecified atom stereocenters. The number of anilines is 1. The highest BCUT2D eigenvalue weighted by Crippen LogP contribution is 2.28. The molecular weight excluding hydrogens is 476 g/mol. The van der Waals surface area contributed by atoms with E-state index in [2.05, 4.69) is 42.4 Å². The van der Waals surface area contributed by atoms with Crippen molar-refractivity contribution >= 4 is 35.0 Å². The second-order valence-electron chi connectivity index (χ2n) is 10.00. The molecule has 4 rings (SSSR count). The first-order chi connectivity index (χ1) is 17.0. The quantitative estimate of drug-likeness (QED) is 0.467. The average Bonchev–Trinajstić information content (AvgIpc) is 3.09. The maximum absolute atomic E-state index is 13.0. The zero-order valence-corrected chi connectivity index (χ0v) is 21.5. The topological polar surface area (TPSA) is 90.5 Å². The number of amides is 3. The Labute approximate surface area is 216 Å². The molecule has 0 aromatic heterocycles. The van der Waals surface area contributed by atoms with Crippen molar-refractivity contribution in [1.29, 1.82) is 0 Å². The van der Waals surface area contributed by atoms with Crippen LogP contribution in [0.3, 0.4) is 0 Å². The highest BCUT2D eigenvalue weighted by Gasteiger charge is 2.41. The van der Waals surface area contributed by atoms with Crippen LogP contribution in [-0.2, 0) is 26.3 Å². The Balaban J connectivity index is 1.40. The van der Waals surface area contributed by atoms with Gasteiger partial charge in [-0.2, -0.15) is 0 Å². The van der Waals surface area contributed by atoms with Crippen molar-refractivity contribution in [2.24, 2.45) is 0 Å². The number of rotatable bonds is 8. The first-order valence-corrected chi connectivity index (χ1v) is 12.3. The second kappa shape index (κ2) is 10.3. The van der Waals surface area contributed by atoms with Crippen LogP contribution in [0.25, 0.3) is 0 Å². The normalized spacial score (nSPS) is 18.4. The van der Waals surface area contributed by atoms with E-state index in [4.69, 9.17) is 11.6 Å². The van der Waals surface area contributed by atoms with Gasteiger partial charge in [-0.1, -0.05) is 56.3 Å². The van der Waals surface area contributed by atoms with Gasteiger partial charge in [-0.15, -0.1) is 0 Å². The molecule has 188 valence electrons. The van der Waals surface area contributed by atoms with E-state index in [0.29, 0.717) is 30.8 Å². The van der Waals surface area contributed by atoms with Gasteiger partial charge >= 0.3 is 0 Å². The van der Waals surface area contributed by atoms with Gasteiger partial charge < -0.3 is 16.0 Å². The summed E-state index contributed by atoms with van der Waals surface area (Å²) in [6.45, 7) is 11.4. The summed E-state index contributed by atoms with van der Waals surface area (Å²) in [5.74, 6) is -1.38. The largest absolute Gasteiger partial charge is 0.351 e. The summed E-state index contributed by atoms with van der Waals surface area (Å²) < 4.78 is 0. The van der Waals surface area contributed by atoms with Gasteiger partial charge in [0.25, 0.3) is 11.8 Å². The highest BCUT2D eigenvalue weighted by atomic mass is 35.5. The third-order valence-corrected chi connectivity index (χ3v) is 7.05. The van der Waals surface area contributed by atoms with Gasteiger partial charge in [-0.05, 0) is 54.7 Å². The van der Waals surface area contributed by atoms with Crippen molar-refractivity contribution in [1.82, 2.24) is 15.5 Å². The number of allylic oxidation sites excluding steroid dienone is 1. The summed E-state index contributed by atoms with van der Waals surface area (Å²) >= 11 is 6.24. The van der Waals surface area contributed by atoms with Crippen LogP contribution in [-0.4, -0.2) is 35.2 Å². The number of aryl methyl sites for hydroxylation is 1. The van der Waals surface area contributed by atoms with Crippen LogP contribution < -0.4 is 16.0 Å². The molecule has 2 aliphatic heterocycles. The Morgan fingerprint density at radius 2 is 1.94 bits per heavy atom. The van der Waals surface area contributed by atoms with Crippen LogP contribution in [0.5, 0.6) is 0 Å². The van der Waals surface area contributed by atoms with Crippen molar-refractivity contribution < 1.29 is 14.4 Å². The van der Waals surface area contributed by atoms with Gasteiger partial charge in [0, 0.05) is 41.0 Å². The molecule has 0 radical (unpaired) electrons. The molecule has 3 amide bonds. The SMILES string of the molecule is C=C1CCC(N2C(=O)C=C(Nc3cccc(C(C)(C)CNCc4ccc(C)c(Cl)c4)c3)C2=O)C(=O)N1. The third kappa shape index (κ3) is 5.53. The lowest BCUT2D eigenvalue weighted by atomic mass is 9.84. The van der Waals surface area contributed by atoms with Gasteiger partial charge in [0.1, 0.15) is 11.7 Å². The number of hydrogen-bond acceptors (Lipinski definition) is 5. The van der Waals surface area contributed by atoms with Crippen LogP contribution in [0.1, 0.15) is 43.4 Å². The van der Waals surface area contributed by atoms with Crippen LogP contribution in [0.4, 0.5) is 5.69 Å². The molecular formula is C28H31ClN4O3. The molecule has 8 heteroatoms. The number of nitrogens with one attached hydrogen (secondary N) is 3.